The zero-order valence-corrected chi connectivity index (χ0v) is 10.7. The Morgan fingerprint density at radius 2 is 2.33 bits per heavy atom. The number of hydrogen-bond acceptors (Lipinski definition) is 4. The molecule has 5 nitrogen and oxygen atoms in total. The fourth-order valence-electron chi connectivity index (χ4n) is 2.19. The Balaban J connectivity index is 1.86. The molecule has 0 saturated heterocycles. The number of nitrogens with one attached hydrogen (secondary N) is 1. The number of pyridine rings is 1. The topological polar surface area (TPSA) is 71.2 Å². The number of aromatic nitrogens is 1. The molecule has 3 N–H and O–H groups in total. The second kappa shape index (κ2) is 5.93. The highest BCUT2D eigenvalue weighted by Crippen LogP contribution is 2.26. The van der Waals surface area contributed by atoms with Crippen molar-refractivity contribution in [1.29, 1.82) is 0 Å². The summed E-state index contributed by atoms with van der Waals surface area (Å²) in [5.74, 6) is 5.61. The van der Waals surface area contributed by atoms with Crippen molar-refractivity contribution in [3.63, 3.8) is 0 Å². The summed E-state index contributed by atoms with van der Waals surface area (Å²) in [6.07, 6.45) is 5.65. The lowest BCUT2D eigenvalue weighted by Crippen LogP contribution is -2.30. The zero-order valence-electron chi connectivity index (χ0n) is 10.7. The average molecular weight is 248 g/mol. The van der Waals surface area contributed by atoms with Crippen LogP contribution >= 0.6 is 0 Å². The van der Waals surface area contributed by atoms with Gasteiger partial charge in [-0.05, 0) is 37.9 Å². The van der Waals surface area contributed by atoms with Crippen molar-refractivity contribution in [3.05, 3.63) is 29.6 Å². The van der Waals surface area contributed by atoms with Crippen LogP contribution in [0.4, 0.5) is 0 Å². The second-order valence-corrected chi connectivity index (χ2v) is 5.01. The van der Waals surface area contributed by atoms with E-state index in [4.69, 9.17) is 5.84 Å². The van der Waals surface area contributed by atoms with E-state index < -0.39 is 0 Å². The van der Waals surface area contributed by atoms with E-state index in [1.165, 1.54) is 19.3 Å². The van der Waals surface area contributed by atoms with E-state index >= 15 is 0 Å². The highest BCUT2D eigenvalue weighted by Gasteiger charge is 2.19. The van der Waals surface area contributed by atoms with E-state index in [2.05, 4.69) is 22.4 Å². The van der Waals surface area contributed by atoms with Gasteiger partial charge in [0.15, 0.2) is 0 Å². The van der Waals surface area contributed by atoms with Crippen molar-refractivity contribution in [3.8, 4) is 0 Å². The lowest BCUT2D eigenvalue weighted by atomic mass is 9.85. The molecule has 0 aromatic carbocycles. The fraction of sp³-hybridized carbons (Fsp3) is 0.538. The van der Waals surface area contributed by atoms with Crippen LogP contribution in [0.15, 0.2) is 18.3 Å². The van der Waals surface area contributed by atoms with Crippen molar-refractivity contribution in [2.24, 2.45) is 11.8 Å². The smallest absolute Gasteiger partial charge is 0.266 e. The number of amides is 1. The van der Waals surface area contributed by atoms with Crippen LogP contribution in [0.2, 0.25) is 0 Å². The van der Waals surface area contributed by atoms with Crippen LogP contribution in [0.25, 0.3) is 0 Å². The summed E-state index contributed by atoms with van der Waals surface area (Å²) in [4.78, 5) is 17.8. The molecule has 1 amide bonds. The summed E-state index contributed by atoms with van der Waals surface area (Å²) in [7, 11) is 2.11. The Morgan fingerprint density at radius 3 is 2.83 bits per heavy atom. The average Bonchev–Trinajstić information content (AvgIpc) is 2.34. The minimum absolute atomic E-state index is 0.308. The van der Waals surface area contributed by atoms with Crippen molar-refractivity contribution in [2.45, 2.75) is 25.8 Å². The molecular weight excluding hydrogens is 228 g/mol. The number of hydrazine groups is 1. The molecule has 1 heterocycles. The summed E-state index contributed by atoms with van der Waals surface area (Å²) in [6, 6.07) is 3.63. The fourth-order valence-corrected chi connectivity index (χ4v) is 2.19. The summed E-state index contributed by atoms with van der Waals surface area (Å²) in [5.41, 5.74) is 3.56. The number of nitrogen functional groups attached to an aromatic ring is 1. The monoisotopic (exact) mass is 248 g/mol. The van der Waals surface area contributed by atoms with Gasteiger partial charge in [-0.25, -0.2) is 5.84 Å². The second-order valence-electron chi connectivity index (χ2n) is 5.01. The van der Waals surface area contributed by atoms with Crippen LogP contribution < -0.4 is 11.3 Å². The molecule has 0 unspecified atom stereocenters. The summed E-state index contributed by atoms with van der Waals surface area (Å²) < 4.78 is 0. The molecule has 1 saturated carbocycles. The van der Waals surface area contributed by atoms with Gasteiger partial charge in [0.2, 0.25) is 0 Å². The molecule has 0 aliphatic heterocycles. The maximum Gasteiger partial charge on any atom is 0.266 e. The number of nitrogens with two attached hydrogens (primary N) is 1. The van der Waals surface area contributed by atoms with Crippen LogP contribution in [-0.2, 0) is 6.54 Å². The predicted octanol–water partition coefficient (Wildman–Crippen LogP) is 0.917. The summed E-state index contributed by atoms with van der Waals surface area (Å²) in [6.45, 7) is 1.95. The van der Waals surface area contributed by atoms with Crippen molar-refractivity contribution in [2.75, 3.05) is 13.6 Å². The van der Waals surface area contributed by atoms with Crippen LogP contribution in [0.3, 0.4) is 0 Å². The molecule has 0 spiro atoms. The Morgan fingerprint density at radius 1 is 1.56 bits per heavy atom. The lowest BCUT2D eigenvalue weighted by molar-refractivity contribution is 0.0953. The molecule has 98 valence electrons. The number of hydrogen-bond donors (Lipinski definition) is 2. The molecule has 1 aliphatic carbocycles. The van der Waals surface area contributed by atoms with E-state index in [0.29, 0.717) is 5.56 Å². The first-order valence-corrected chi connectivity index (χ1v) is 6.33. The van der Waals surface area contributed by atoms with Gasteiger partial charge in [0, 0.05) is 19.3 Å². The SMILES string of the molecule is CN(Cc1ccc(C(=O)NN)cn1)CC1CCC1. The molecule has 1 aromatic heterocycles. The molecule has 0 bridgehead atoms. The van der Waals surface area contributed by atoms with Crippen LogP contribution in [-0.4, -0.2) is 29.4 Å². The molecule has 0 radical (unpaired) electrons. The van der Waals surface area contributed by atoms with Gasteiger partial charge in [-0.1, -0.05) is 6.42 Å². The van der Waals surface area contributed by atoms with Crippen molar-refractivity contribution < 1.29 is 4.79 Å². The molecule has 1 fully saturated rings. The Kier molecular flexibility index (Phi) is 4.28. The minimum Gasteiger partial charge on any atom is -0.300 e. The third-order valence-corrected chi connectivity index (χ3v) is 3.44. The van der Waals surface area contributed by atoms with E-state index in [0.717, 1.165) is 24.7 Å². The van der Waals surface area contributed by atoms with Crippen LogP contribution in [0.1, 0.15) is 35.3 Å². The van der Waals surface area contributed by atoms with E-state index in [-0.39, 0.29) is 5.91 Å². The molecule has 18 heavy (non-hydrogen) atoms. The first-order valence-electron chi connectivity index (χ1n) is 6.33. The molecule has 0 atom stereocenters. The van der Waals surface area contributed by atoms with Crippen molar-refractivity contribution >= 4 is 5.91 Å². The van der Waals surface area contributed by atoms with E-state index in [1.807, 2.05) is 6.07 Å². The highest BCUT2D eigenvalue weighted by atomic mass is 16.2. The third kappa shape index (κ3) is 3.27. The summed E-state index contributed by atoms with van der Waals surface area (Å²) >= 11 is 0. The summed E-state index contributed by atoms with van der Waals surface area (Å²) in [5, 5.41) is 0. The normalized spacial score (nSPS) is 15.5. The maximum absolute atomic E-state index is 11.3. The Bertz CT molecular complexity index is 400. The number of nitrogens with zero attached hydrogens (tertiary/aromatic N) is 2. The quantitative estimate of drug-likeness (QED) is 0.462. The maximum atomic E-state index is 11.3. The number of rotatable bonds is 5. The number of carbonyl (C=O) groups is 1. The molecule has 5 heteroatoms. The van der Waals surface area contributed by atoms with Gasteiger partial charge in [0.1, 0.15) is 0 Å². The third-order valence-electron chi connectivity index (χ3n) is 3.44. The highest BCUT2D eigenvalue weighted by molar-refractivity contribution is 5.93. The molecule has 2 rings (SSSR count). The Labute approximate surface area is 107 Å². The zero-order chi connectivity index (χ0) is 13.0. The molecule has 1 aromatic rings. The van der Waals surface area contributed by atoms with Gasteiger partial charge < -0.3 is 4.90 Å². The number of carbonyl (C=O) groups excluding carboxylic acids is 1. The van der Waals surface area contributed by atoms with Gasteiger partial charge >= 0.3 is 0 Å². The van der Waals surface area contributed by atoms with Gasteiger partial charge in [-0.3, -0.25) is 15.2 Å². The van der Waals surface area contributed by atoms with E-state index in [9.17, 15) is 4.79 Å². The Hall–Kier alpha value is -1.46. The standard InChI is InChI=1S/C13H20N4O/c1-17(8-10-3-2-4-10)9-12-6-5-11(7-15-12)13(18)16-14/h5-7,10H,2-4,8-9,14H2,1H3,(H,16,18). The van der Waals surface area contributed by atoms with E-state index in [1.54, 1.807) is 12.3 Å². The molecular formula is C13H20N4O. The largest absolute Gasteiger partial charge is 0.300 e. The first-order chi connectivity index (χ1) is 8.69. The lowest BCUT2D eigenvalue weighted by Gasteiger charge is -2.29. The van der Waals surface area contributed by atoms with Gasteiger partial charge in [-0.2, -0.15) is 0 Å². The van der Waals surface area contributed by atoms with Gasteiger partial charge in [0.25, 0.3) is 5.91 Å². The molecule has 1 aliphatic rings. The van der Waals surface area contributed by atoms with Crippen LogP contribution in [0.5, 0.6) is 0 Å². The first kappa shape index (κ1) is 13.0. The van der Waals surface area contributed by atoms with Crippen molar-refractivity contribution in [1.82, 2.24) is 15.3 Å². The van der Waals surface area contributed by atoms with Gasteiger partial charge in [0.05, 0.1) is 11.3 Å². The minimum atomic E-state index is -0.308. The predicted molar refractivity (Wildman–Crippen MR) is 69.6 cm³/mol. The van der Waals surface area contributed by atoms with Gasteiger partial charge in [-0.15, -0.1) is 0 Å². The van der Waals surface area contributed by atoms with Crippen LogP contribution in [0, 0.1) is 5.92 Å².